The van der Waals surface area contributed by atoms with E-state index in [1.54, 1.807) is 21.3 Å². The molecule has 5 nitrogen and oxygen atoms in total. The average molecular weight is 267 g/mol. The maximum absolute atomic E-state index is 5.34. The van der Waals surface area contributed by atoms with E-state index in [0.717, 1.165) is 31.7 Å². The van der Waals surface area contributed by atoms with Crippen LogP contribution in [0.15, 0.2) is 12.1 Å². The molecule has 1 atom stereocenters. The van der Waals surface area contributed by atoms with Crippen molar-refractivity contribution in [1.29, 1.82) is 0 Å². The van der Waals surface area contributed by atoms with Crippen molar-refractivity contribution >= 4 is 0 Å². The zero-order chi connectivity index (χ0) is 13.7. The minimum absolute atomic E-state index is 0.430. The van der Waals surface area contributed by atoms with Crippen molar-refractivity contribution in [2.24, 2.45) is 0 Å². The van der Waals surface area contributed by atoms with Gasteiger partial charge in [0.15, 0.2) is 11.5 Å². The molecule has 19 heavy (non-hydrogen) atoms. The van der Waals surface area contributed by atoms with Crippen LogP contribution in [0.25, 0.3) is 0 Å². The minimum Gasteiger partial charge on any atom is -0.493 e. The highest BCUT2D eigenvalue weighted by Crippen LogP contribution is 2.38. The Balaban J connectivity index is 2.11. The van der Waals surface area contributed by atoms with E-state index in [-0.39, 0.29) is 0 Å². The summed E-state index contributed by atoms with van der Waals surface area (Å²) in [5, 5.41) is 3.46. The molecular formula is C14H21NO4. The second kappa shape index (κ2) is 6.63. The van der Waals surface area contributed by atoms with Gasteiger partial charge in [-0.05, 0) is 24.1 Å². The summed E-state index contributed by atoms with van der Waals surface area (Å²) in [6.45, 7) is 2.38. The monoisotopic (exact) mass is 267 g/mol. The Morgan fingerprint density at radius 3 is 2.32 bits per heavy atom. The number of ether oxygens (including phenoxy) is 4. The van der Waals surface area contributed by atoms with Crippen LogP contribution in [0.2, 0.25) is 0 Å². The van der Waals surface area contributed by atoms with Gasteiger partial charge in [0.25, 0.3) is 0 Å². The number of benzene rings is 1. The second-order valence-electron chi connectivity index (χ2n) is 4.48. The molecule has 0 radical (unpaired) electrons. The summed E-state index contributed by atoms with van der Waals surface area (Å²) in [7, 11) is 4.85. The van der Waals surface area contributed by atoms with Gasteiger partial charge in [0.05, 0.1) is 27.9 Å². The van der Waals surface area contributed by atoms with Gasteiger partial charge in [-0.1, -0.05) is 0 Å². The maximum Gasteiger partial charge on any atom is 0.203 e. The molecule has 1 aliphatic heterocycles. The first kappa shape index (κ1) is 14.0. The van der Waals surface area contributed by atoms with Gasteiger partial charge >= 0.3 is 0 Å². The van der Waals surface area contributed by atoms with Crippen LogP contribution in [0.3, 0.4) is 0 Å². The normalized spacial score (nSPS) is 18.4. The van der Waals surface area contributed by atoms with Gasteiger partial charge in [-0.15, -0.1) is 0 Å². The van der Waals surface area contributed by atoms with E-state index in [4.69, 9.17) is 18.9 Å². The van der Waals surface area contributed by atoms with Crippen LogP contribution in [-0.2, 0) is 11.3 Å². The molecule has 5 heteroatoms. The first-order valence-corrected chi connectivity index (χ1v) is 6.38. The fraction of sp³-hybridized carbons (Fsp3) is 0.571. The van der Waals surface area contributed by atoms with Crippen molar-refractivity contribution in [3.63, 3.8) is 0 Å². The molecule has 1 fully saturated rings. The first-order valence-electron chi connectivity index (χ1n) is 6.38. The molecule has 0 aliphatic carbocycles. The second-order valence-corrected chi connectivity index (χ2v) is 4.48. The topological polar surface area (TPSA) is 49.0 Å². The molecular weight excluding hydrogens is 246 g/mol. The van der Waals surface area contributed by atoms with Gasteiger partial charge in [-0.25, -0.2) is 0 Å². The van der Waals surface area contributed by atoms with Gasteiger partial charge in [-0.3, -0.25) is 0 Å². The van der Waals surface area contributed by atoms with E-state index in [1.807, 2.05) is 12.1 Å². The molecule has 2 rings (SSSR count). The van der Waals surface area contributed by atoms with Gasteiger partial charge in [0.1, 0.15) is 0 Å². The van der Waals surface area contributed by atoms with E-state index < -0.39 is 0 Å². The van der Waals surface area contributed by atoms with Crippen molar-refractivity contribution in [3.05, 3.63) is 17.7 Å². The lowest BCUT2D eigenvalue weighted by atomic mass is 10.1. The Hall–Kier alpha value is -1.46. The number of nitrogens with one attached hydrogen (secondary N) is 1. The summed E-state index contributed by atoms with van der Waals surface area (Å²) in [4.78, 5) is 0. The zero-order valence-corrected chi connectivity index (χ0v) is 11.7. The van der Waals surface area contributed by atoms with Crippen LogP contribution in [0.1, 0.15) is 12.0 Å². The molecule has 0 bridgehead atoms. The van der Waals surface area contributed by atoms with Crippen LogP contribution in [0, 0.1) is 0 Å². The van der Waals surface area contributed by atoms with Crippen molar-refractivity contribution < 1.29 is 18.9 Å². The molecule has 0 amide bonds. The Labute approximate surface area is 113 Å². The summed E-state index contributed by atoms with van der Waals surface area (Å²) in [5.74, 6) is 1.99. The third-order valence-corrected chi connectivity index (χ3v) is 3.25. The van der Waals surface area contributed by atoms with Crippen LogP contribution in [0.5, 0.6) is 17.2 Å². The quantitative estimate of drug-likeness (QED) is 0.848. The SMILES string of the molecule is COc1cc(CNC2CCOC2)cc(OC)c1OC. The predicted octanol–water partition coefficient (Wildman–Crippen LogP) is 1.59. The molecule has 0 aromatic heterocycles. The highest BCUT2D eigenvalue weighted by molar-refractivity contribution is 5.53. The van der Waals surface area contributed by atoms with Crippen molar-refractivity contribution in [2.45, 2.75) is 19.0 Å². The summed E-state index contributed by atoms with van der Waals surface area (Å²) in [6.07, 6.45) is 1.06. The molecule has 106 valence electrons. The van der Waals surface area contributed by atoms with Crippen LogP contribution < -0.4 is 19.5 Å². The van der Waals surface area contributed by atoms with E-state index in [2.05, 4.69) is 5.32 Å². The van der Waals surface area contributed by atoms with Gasteiger partial charge < -0.3 is 24.3 Å². The number of hydrogen-bond donors (Lipinski definition) is 1. The zero-order valence-electron chi connectivity index (χ0n) is 11.7. The summed E-state index contributed by atoms with van der Waals surface area (Å²) in [5.41, 5.74) is 1.10. The highest BCUT2D eigenvalue weighted by atomic mass is 16.5. The van der Waals surface area contributed by atoms with Crippen molar-refractivity contribution in [3.8, 4) is 17.2 Å². The van der Waals surface area contributed by atoms with Crippen molar-refractivity contribution in [1.82, 2.24) is 5.32 Å². The molecule has 1 aromatic carbocycles. The van der Waals surface area contributed by atoms with E-state index >= 15 is 0 Å². The highest BCUT2D eigenvalue weighted by Gasteiger charge is 2.16. The van der Waals surface area contributed by atoms with E-state index in [0.29, 0.717) is 23.3 Å². The Kier molecular flexibility index (Phi) is 4.87. The lowest BCUT2D eigenvalue weighted by Gasteiger charge is -2.15. The van der Waals surface area contributed by atoms with Gasteiger partial charge in [0, 0.05) is 19.2 Å². The smallest absolute Gasteiger partial charge is 0.203 e. The minimum atomic E-state index is 0.430. The molecule has 1 aromatic rings. The first-order chi connectivity index (χ1) is 9.28. The van der Waals surface area contributed by atoms with Crippen molar-refractivity contribution in [2.75, 3.05) is 34.5 Å². The Morgan fingerprint density at radius 2 is 1.84 bits per heavy atom. The maximum atomic E-state index is 5.34. The summed E-state index contributed by atoms with van der Waals surface area (Å²) >= 11 is 0. The lowest BCUT2D eigenvalue weighted by Crippen LogP contribution is -2.28. The largest absolute Gasteiger partial charge is 0.493 e. The molecule has 0 saturated carbocycles. The Bertz CT molecular complexity index is 391. The standard InChI is InChI=1S/C14H21NO4/c1-16-12-6-10(7-13(17-2)14(12)18-3)8-15-11-4-5-19-9-11/h6-7,11,15H,4-5,8-9H2,1-3H3. The number of hydrogen-bond acceptors (Lipinski definition) is 5. The molecule has 1 unspecified atom stereocenters. The lowest BCUT2D eigenvalue weighted by molar-refractivity contribution is 0.190. The number of methoxy groups -OCH3 is 3. The van der Waals surface area contributed by atoms with Gasteiger partial charge in [0.2, 0.25) is 5.75 Å². The number of rotatable bonds is 6. The molecule has 1 heterocycles. The third kappa shape index (κ3) is 3.30. The van der Waals surface area contributed by atoms with Crippen LogP contribution in [-0.4, -0.2) is 40.6 Å². The predicted molar refractivity (Wildman–Crippen MR) is 72.2 cm³/mol. The third-order valence-electron chi connectivity index (χ3n) is 3.25. The Morgan fingerprint density at radius 1 is 1.16 bits per heavy atom. The molecule has 1 aliphatic rings. The average Bonchev–Trinajstić information content (AvgIpc) is 2.97. The van der Waals surface area contributed by atoms with Crippen LogP contribution in [0.4, 0.5) is 0 Å². The van der Waals surface area contributed by atoms with Crippen LogP contribution >= 0.6 is 0 Å². The fourth-order valence-corrected chi connectivity index (χ4v) is 2.20. The molecule has 1 saturated heterocycles. The van der Waals surface area contributed by atoms with E-state index in [1.165, 1.54) is 0 Å². The molecule has 0 spiro atoms. The summed E-state index contributed by atoms with van der Waals surface area (Å²) in [6, 6.07) is 4.35. The fourth-order valence-electron chi connectivity index (χ4n) is 2.20. The molecule has 1 N–H and O–H groups in total. The van der Waals surface area contributed by atoms with Gasteiger partial charge in [-0.2, -0.15) is 0 Å². The van der Waals surface area contributed by atoms with E-state index in [9.17, 15) is 0 Å². The summed E-state index contributed by atoms with van der Waals surface area (Å²) < 4.78 is 21.3.